The summed E-state index contributed by atoms with van der Waals surface area (Å²) in [6, 6.07) is 4.85. The quantitative estimate of drug-likeness (QED) is 0.697. The molecule has 1 heterocycles. The Balaban J connectivity index is 2.61. The van der Waals surface area contributed by atoms with Gasteiger partial charge in [0.25, 0.3) is 0 Å². The van der Waals surface area contributed by atoms with E-state index < -0.39 is 0 Å². The van der Waals surface area contributed by atoms with Gasteiger partial charge < -0.3 is 4.57 Å². The molecule has 72 valence electrons. The zero-order chi connectivity index (χ0) is 9.97. The van der Waals surface area contributed by atoms with Gasteiger partial charge >= 0.3 is 0 Å². The van der Waals surface area contributed by atoms with E-state index in [1.807, 2.05) is 0 Å². The van der Waals surface area contributed by atoms with E-state index in [0.717, 1.165) is 5.56 Å². The van der Waals surface area contributed by atoms with Crippen LogP contribution >= 0.6 is 11.6 Å². The highest BCUT2D eigenvalue weighted by molar-refractivity contribution is 6.17. The highest BCUT2D eigenvalue weighted by Crippen LogP contribution is 2.19. The molecule has 4 heteroatoms. The second kappa shape index (κ2) is 3.80. The molecular weight excluding hydrogens is 203 g/mol. The molecule has 2 nitrogen and oxygen atoms in total. The number of nitrogens with zero attached hydrogens (tertiary/aromatic N) is 2. The fourth-order valence-corrected chi connectivity index (χ4v) is 1.56. The van der Waals surface area contributed by atoms with Crippen LogP contribution in [-0.4, -0.2) is 9.55 Å². The largest absolute Gasteiger partial charge is 0.303 e. The minimum absolute atomic E-state index is 0.283. The van der Waals surface area contributed by atoms with Crippen molar-refractivity contribution >= 4 is 11.6 Å². The molecule has 0 aliphatic carbocycles. The van der Waals surface area contributed by atoms with Crippen LogP contribution in [0.1, 0.15) is 5.56 Å². The van der Waals surface area contributed by atoms with Crippen molar-refractivity contribution in [2.24, 2.45) is 0 Å². The van der Waals surface area contributed by atoms with Crippen molar-refractivity contribution in [3.63, 3.8) is 0 Å². The van der Waals surface area contributed by atoms with Crippen LogP contribution in [-0.2, 0) is 5.88 Å². The predicted octanol–water partition coefficient (Wildman–Crippen LogP) is 2.75. The van der Waals surface area contributed by atoms with Gasteiger partial charge in [0.2, 0.25) is 0 Å². The number of alkyl halides is 1. The normalized spacial score (nSPS) is 10.4. The first-order valence-electron chi connectivity index (χ1n) is 4.14. The molecule has 0 spiro atoms. The van der Waals surface area contributed by atoms with Gasteiger partial charge in [-0.15, -0.1) is 11.6 Å². The molecule has 2 aromatic rings. The SMILES string of the molecule is Fc1cccc(CCl)c1-n1ccnc1. The fourth-order valence-electron chi connectivity index (χ4n) is 1.35. The number of imidazole rings is 1. The number of benzene rings is 1. The average Bonchev–Trinajstić information content (AvgIpc) is 2.70. The molecule has 0 radical (unpaired) electrons. The molecule has 0 unspecified atom stereocenters. The van der Waals surface area contributed by atoms with Crippen LogP contribution in [0.15, 0.2) is 36.9 Å². The van der Waals surface area contributed by atoms with Crippen molar-refractivity contribution in [2.75, 3.05) is 0 Å². The molecule has 1 aromatic carbocycles. The number of para-hydroxylation sites is 1. The van der Waals surface area contributed by atoms with E-state index in [4.69, 9.17) is 11.6 Å². The molecule has 0 N–H and O–H groups in total. The van der Waals surface area contributed by atoms with E-state index in [1.165, 1.54) is 6.07 Å². The average molecular weight is 211 g/mol. The number of hydrogen-bond acceptors (Lipinski definition) is 1. The van der Waals surface area contributed by atoms with Crippen LogP contribution in [0.3, 0.4) is 0 Å². The zero-order valence-corrected chi connectivity index (χ0v) is 8.08. The lowest BCUT2D eigenvalue weighted by Gasteiger charge is -2.08. The summed E-state index contributed by atoms with van der Waals surface area (Å²) in [5.41, 5.74) is 1.23. The molecule has 2 rings (SSSR count). The molecule has 0 fully saturated rings. The maximum atomic E-state index is 13.5. The van der Waals surface area contributed by atoms with Crippen LogP contribution < -0.4 is 0 Å². The second-order valence-corrected chi connectivity index (χ2v) is 3.12. The number of hydrogen-bond donors (Lipinski definition) is 0. The summed E-state index contributed by atoms with van der Waals surface area (Å²) in [5, 5.41) is 0. The molecule has 0 saturated heterocycles. The fraction of sp³-hybridized carbons (Fsp3) is 0.100. The molecule has 1 aromatic heterocycles. The van der Waals surface area contributed by atoms with Crippen molar-refractivity contribution in [1.29, 1.82) is 0 Å². The Hall–Kier alpha value is -1.35. The Labute approximate surface area is 86.0 Å². The molecule has 0 aliphatic rings. The molecule has 14 heavy (non-hydrogen) atoms. The Morgan fingerprint density at radius 2 is 2.29 bits per heavy atom. The highest BCUT2D eigenvalue weighted by atomic mass is 35.5. The summed E-state index contributed by atoms with van der Waals surface area (Å²) in [4.78, 5) is 3.87. The monoisotopic (exact) mass is 210 g/mol. The van der Waals surface area contributed by atoms with Gasteiger partial charge in [-0.25, -0.2) is 9.37 Å². The summed E-state index contributed by atoms with van der Waals surface area (Å²) >= 11 is 5.72. The van der Waals surface area contributed by atoms with Crippen molar-refractivity contribution in [3.8, 4) is 5.69 Å². The van der Waals surface area contributed by atoms with Gasteiger partial charge in [0.1, 0.15) is 5.82 Å². The van der Waals surface area contributed by atoms with Gasteiger partial charge in [-0.2, -0.15) is 0 Å². The topological polar surface area (TPSA) is 17.8 Å². The van der Waals surface area contributed by atoms with E-state index in [9.17, 15) is 4.39 Å². The lowest BCUT2D eigenvalue weighted by Crippen LogP contribution is -1.99. The summed E-state index contributed by atoms with van der Waals surface area (Å²) in [6.45, 7) is 0. The molecule has 0 bridgehead atoms. The smallest absolute Gasteiger partial charge is 0.147 e. The van der Waals surface area contributed by atoms with Gasteiger partial charge in [0.15, 0.2) is 0 Å². The lowest BCUT2D eigenvalue weighted by molar-refractivity contribution is 0.616. The summed E-state index contributed by atoms with van der Waals surface area (Å²) in [6.07, 6.45) is 4.84. The van der Waals surface area contributed by atoms with Crippen LogP contribution in [0.5, 0.6) is 0 Å². The van der Waals surface area contributed by atoms with Crippen molar-refractivity contribution in [3.05, 3.63) is 48.3 Å². The summed E-state index contributed by atoms with van der Waals surface area (Å²) in [7, 11) is 0. The van der Waals surface area contributed by atoms with Crippen molar-refractivity contribution in [1.82, 2.24) is 9.55 Å². The number of aromatic nitrogens is 2. The standard InChI is InChI=1S/C10H8ClFN2/c11-6-8-2-1-3-9(12)10(8)14-5-4-13-7-14/h1-5,7H,6H2. The van der Waals surface area contributed by atoms with Crippen molar-refractivity contribution < 1.29 is 4.39 Å². The van der Waals surface area contributed by atoms with E-state index in [1.54, 1.807) is 35.4 Å². The third-order valence-electron chi connectivity index (χ3n) is 1.98. The second-order valence-electron chi connectivity index (χ2n) is 2.85. The molecule has 0 amide bonds. The van der Waals surface area contributed by atoms with Gasteiger partial charge in [-0.1, -0.05) is 12.1 Å². The van der Waals surface area contributed by atoms with E-state index >= 15 is 0 Å². The van der Waals surface area contributed by atoms with Gasteiger partial charge in [-0.3, -0.25) is 0 Å². The van der Waals surface area contributed by atoms with Gasteiger partial charge in [0, 0.05) is 18.3 Å². The predicted molar refractivity (Wildman–Crippen MR) is 53.1 cm³/mol. The summed E-state index contributed by atoms with van der Waals surface area (Å²) < 4.78 is 15.1. The Morgan fingerprint density at radius 1 is 1.43 bits per heavy atom. The third kappa shape index (κ3) is 1.51. The molecule has 0 saturated carbocycles. The van der Waals surface area contributed by atoms with Crippen LogP contribution in [0, 0.1) is 5.82 Å². The Bertz CT molecular complexity index is 426. The van der Waals surface area contributed by atoms with Gasteiger partial charge in [0.05, 0.1) is 12.0 Å². The first-order valence-corrected chi connectivity index (χ1v) is 4.68. The Morgan fingerprint density at radius 3 is 2.93 bits per heavy atom. The first-order chi connectivity index (χ1) is 6.83. The number of rotatable bonds is 2. The maximum absolute atomic E-state index is 13.5. The van der Waals surface area contributed by atoms with Crippen LogP contribution in [0.25, 0.3) is 5.69 Å². The van der Waals surface area contributed by atoms with E-state index in [0.29, 0.717) is 5.69 Å². The van der Waals surface area contributed by atoms with E-state index in [-0.39, 0.29) is 11.7 Å². The minimum atomic E-state index is -0.291. The first kappa shape index (κ1) is 9.21. The van der Waals surface area contributed by atoms with E-state index in [2.05, 4.69) is 4.98 Å². The Kier molecular flexibility index (Phi) is 2.50. The number of halogens is 2. The minimum Gasteiger partial charge on any atom is -0.303 e. The molecule has 0 atom stereocenters. The highest BCUT2D eigenvalue weighted by Gasteiger charge is 2.08. The maximum Gasteiger partial charge on any atom is 0.147 e. The van der Waals surface area contributed by atoms with Crippen LogP contribution in [0.2, 0.25) is 0 Å². The molecular formula is C10H8ClFN2. The van der Waals surface area contributed by atoms with Crippen molar-refractivity contribution in [2.45, 2.75) is 5.88 Å². The van der Waals surface area contributed by atoms with Gasteiger partial charge in [-0.05, 0) is 11.6 Å². The zero-order valence-electron chi connectivity index (χ0n) is 7.32. The lowest BCUT2D eigenvalue weighted by atomic mass is 10.2. The third-order valence-corrected chi connectivity index (χ3v) is 2.26. The van der Waals surface area contributed by atoms with Crippen LogP contribution in [0.4, 0.5) is 4.39 Å². The summed E-state index contributed by atoms with van der Waals surface area (Å²) in [5.74, 6) is -0.00759. The molecule has 0 aliphatic heterocycles.